The maximum absolute atomic E-state index is 12.2. The summed E-state index contributed by atoms with van der Waals surface area (Å²) in [5.41, 5.74) is 0.344. The Morgan fingerprint density at radius 2 is 2.07 bits per heavy atom. The quantitative estimate of drug-likeness (QED) is 0.575. The molecule has 3 rings (SSSR count). The van der Waals surface area contributed by atoms with E-state index < -0.39 is 0 Å². The fourth-order valence-electron chi connectivity index (χ4n) is 4.42. The van der Waals surface area contributed by atoms with Crippen LogP contribution in [0.2, 0.25) is 0 Å². The maximum Gasteiger partial charge on any atom is 0.229 e. The molecule has 0 N–H and O–H groups in total. The number of carbonyl (C=O) groups is 1. The lowest BCUT2D eigenvalue weighted by Crippen LogP contribution is -2.47. The minimum absolute atomic E-state index is 0.0584. The zero-order chi connectivity index (χ0) is 10.1. The molecule has 0 radical (unpaired) electrons. The van der Waals surface area contributed by atoms with E-state index in [2.05, 4.69) is 13.8 Å². The first-order valence-electron chi connectivity index (χ1n) is 5.76. The molecule has 1 amide bonds. The summed E-state index contributed by atoms with van der Waals surface area (Å²) in [7, 11) is 1.98. The van der Waals surface area contributed by atoms with E-state index in [1.807, 2.05) is 11.9 Å². The van der Waals surface area contributed by atoms with Crippen LogP contribution in [0.3, 0.4) is 0 Å². The van der Waals surface area contributed by atoms with E-state index in [9.17, 15) is 4.79 Å². The van der Waals surface area contributed by atoms with Crippen molar-refractivity contribution in [3.63, 3.8) is 0 Å². The van der Waals surface area contributed by atoms with Gasteiger partial charge in [0.1, 0.15) is 0 Å². The molecule has 14 heavy (non-hydrogen) atoms. The highest BCUT2D eigenvalue weighted by atomic mass is 16.2. The van der Waals surface area contributed by atoms with E-state index in [1.54, 1.807) is 0 Å². The lowest BCUT2D eigenvalue weighted by atomic mass is 9.75. The van der Waals surface area contributed by atoms with Gasteiger partial charge in [-0.05, 0) is 36.5 Å². The van der Waals surface area contributed by atoms with Crippen LogP contribution in [0.5, 0.6) is 0 Å². The minimum atomic E-state index is 0.0584. The first-order chi connectivity index (χ1) is 6.50. The first-order valence-corrected chi connectivity index (χ1v) is 5.76. The van der Waals surface area contributed by atoms with Gasteiger partial charge in [-0.3, -0.25) is 4.79 Å². The van der Waals surface area contributed by atoms with Crippen LogP contribution in [-0.4, -0.2) is 24.4 Å². The molecule has 3 unspecified atom stereocenters. The molecular weight excluding hydrogens is 174 g/mol. The molecule has 2 nitrogen and oxygen atoms in total. The summed E-state index contributed by atoms with van der Waals surface area (Å²) in [6.07, 6.45) is 3.80. The summed E-state index contributed by atoms with van der Waals surface area (Å²) in [4.78, 5) is 14.2. The molecule has 2 bridgehead atoms. The number of carbonyl (C=O) groups excluding carboxylic acids is 1. The fourth-order valence-corrected chi connectivity index (χ4v) is 4.42. The van der Waals surface area contributed by atoms with E-state index in [4.69, 9.17) is 0 Å². The summed E-state index contributed by atoms with van der Waals surface area (Å²) in [5, 5.41) is 0. The molecular formula is C12H19NO. The molecule has 78 valence electrons. The second kappa shape index (κ2) is 2.17. The molecule has 2 aliphatic carbocycles. The summed E-state index contributed by atoms with van der Waals surface area (Å²) in [5.74, 6) is 1.90. The number of likely N-dealkylation sites (tertiary alicyclic amines) is 1. The standard InChI is InChI=1S/C12H19NO/c1-11(2)9-5-4-8-6-12(9,11)10(14)13(3)7-8/h8-9H,4-7H2,1-3H3. The van der Waals surface area contributed by atoms with Crippen molar-refractivity contribution < 1.29 is 4.79 Å². The normalized spacial score (nSPS) is 48.8. The molecule has 0 aromatic heterocycles. The van der Waals surface area contributed by atoms with Crippen LogP contribution in [0, 0.1) is 22.7 Å². The predicted molar refractivity (Wildman–Crippen MR) is 54.7 cm³/mol. The Labute approximate surface area is 85.7 Å². The molecule has 0 aromatic rings. The van der Waals surface area contributed by atoms with Gasteiger partial charge in [-0.25, -0.2) is 0 Å². The smallest absolute Gasteiger partial charge is 0.229 e. The van der Waals surface area contributed by atoms with Crippen LogP contribution in [0.1, 0.15) is 33.1 Å². The van der Waals surface area contributed by atoms with Gasteiger partial charge in [0.25, 0.3) is 0 Å². The second-order valence-corrected chi connectivity index (χ2v) is 6.08. The molecule has 3 atom stereocenters. The van der Waals surface area contributed by atoms with Gasteiger partial charge in [0.15, 0.2) is 0 Å². The summed E-state index contributed by atoms with van der Waals surface area (Å²) in [6, 6.07) is 0. The van der Waals surface area contributed by atoms with Crippen molar-refractivity contribution >= 4 is 5.91 Å². The summed E-state index contributed by atoms with van der Waals surface area (Å²) >= 11 is 0. The van der Waals surface area contributed by atoms with E-state index in [-0.39, 0.29) is 10.8 Å². The number of hydrogen-bond donors (Lipinski definition) is 0. The topological polar surface area (TPSA) is 20.3 Å². The van der Waals surface area contributed by atoms with Crippen LogP contribution in [-0.2, 0) is 4.79 Å². The van der Waals surface area contributed by atoms with Gasteiger partial charge in [-0.15, -0.1) is 0 Å². The highest BCUT2D eigenvalue weighted by Gasteiger charge is 2.77. The monoisotopic (exact) mass is 193 g/mol. The Morgan fingerprint density at radius 1 is 1.36 bits per heavy atom. The molecule has 3 aliphatic rings. The van der Waals surface area contributed by atoms with Crippen molar-refractivity contribution in [3.05, 3.63) is 0 Å². The number of rotatable bonds is 0. The van der Waals surface area contributed by atoms with Crippen LogP contribution in [0.15, 0.2) is 0 Å². The molecule has 0 aromatic carbocycles. The Hall–Kier alpha value is -0.530. The number of hydrogen-bond acceptors (Lipinski definition) is 1. The van der Waals surface area contributed by atoms with Crippen LogP contribution < -0.4 is 0 Å². The van der Waals surface area contributed by atoms with Crippen LogP contribution >= 0.6 is 0 Å². The fraction of sp³-hybridized carbons (Fsp3) is 0.917. The number of fused-ring (bicyclic) bond motifs is 1. The third-order valence-corrected chi connectivity index (χ3v) is 5.27. The van der Waals surface area contributed by atoms with Gasteiger partial charge in [0.05, 0.1) is 5.41 Å². The minimum Gasteiger partial charge on any atom is -0.345 e. The molecule has 1 aliphatic heterocycles. The number of amides is 1. The molecule has 3 fully saturated rings. The highest BCUT2D eigenvalue weighted by Crippen LogP contribution is 2.77. The second-order valence-electron chi connectivity index (χ2n) is 6.08. The Balaban J connectivity index is 2.03. The number of piperidine rings is 1. The van der Waals surface area contributed by atoms with Crippen molar-refractivity contribution in [2.24, 2.45) is 22.7 Å². The summed E-state index contributed by atoms with van der Waals surface area (Å²) in [6.45, 7) is 5.58. The molecule has 2 heteroatoms. The van der Waals surface area contributed by atoms with Gasteiger partial charge < -0.3 is 4.90 Å². The van der Waals surface area contributed by atoms with E-state index in [1.165, 1.54) is 19.3 Å². The van der Waals surface area contributed by atoms with E-state index in [0.717, 1.165) is 12.5 Å². The molecule has 2 saturated carbocycles. The third-order valence-electron chi connectivity index (χ3n) is 5.27. The zero-order valence-corrected chi connectivity index (χ0v) is 9.34. The molecule has 1 spiro atoms. The SMILES string of the molecule is CN1CC2CCC3C(C)(C)C3(C2)C1=O. The van der Waals surface area contributed by atoms with E-state index in [0.29, 0.717) is 11.8 Å². The Morgan fingerprint density at radius 3 is 2.79 bits per heavy atom. The average molecular weight is 193 g/mol. The Bertz CT molecular complexity index is 309. The highest BCUT2D eigenvalue weighted by molar-refractivity contribution is 5.88. The first kappa shape index (κ1) is 8.75. The van der Waals surface area contributed by atoms with Crippen LogP contribution in [0.25, 0.3) is 0 Å². The van der Waals surface area contributed by atoms with Crippen molar-refractivity contribution in [2.45, 2.75) is 33.1 Å². The molecule has 1 heterocycles. The maximum atomic E-state index is 12.2. The van der Waals surface area contributed by atoms with Crippen molar-refractivity contribution in [3.8, 4) is 0 Å². The van der Waals surface area contributed by atoms with Gasteiger partial charge in [0.2, 0.25) is 5.91 Å². The predicted octanol–water partition coefficient (Wildman–Crippen LogP) is 1.90. The largest absolute Gasteiger partial charge is 0.345 e. The van der Waals surface area contributed by atoms with Crippen molar-refractivity contribution in [1.82, 2.24) is 4.90 Å². The zero-order valence-electron chi connectivity index (χ0n) is 9.34. The average Bonchev–Trinajstić information content (AvgIpc) is 2.61. The van der Waals surface area contributed by atoms with E-state index >= 15 is 0 Å². The van der Waals surface area contributed by atoms with Gasteiger partial charge in [-0.2, -0.15) is 0 Å². The lowest BCUT2D eigenvalue weighted by Gasteiger charge is -2.40. The van der Waals surface area contributed by atoms with Gasteiger partial charge in [0, 0.05) is 13.6 Å². The lowest BCUT2D eigenvalue weighted by molar-refractivity contribution is -0.144. The number of nitrogens with zero attached hydrogens (tertiary/aromatic N) is 1. The van der Waals surface area contributed by atoms with Gasteiger partial charge in [-0.1, -0.05) is 13.8 Å². The van der Waals surface area contributed by atoms with Crippen molar-refractivity contribution in [1.29, 1.82) is 0 Å². The van der Waals surface area contributed by atoms with Crippen molar-refractivity contribution in [2.75, 3.05) is 13.6 Å². The van der Waals surface area contributed by atoms with Gasteiger partial charge >= 0.3 is 0 Å². The van der Waals surface area contributed by atoms with Crippen LogP contribution in [0.4, 0.5) is 0 Å². The Kier molecular flexibility index (Phi) is 1.36. The molecule has 1 saturated heterocycles. The third kappa shape index (κ3) is 0.697. The summed E-state index contributed by atoms with van der Waals surface area (Å²) < 4.78 is 0.